The number of fused-ring (bicyclic) bond motifs is 1. The Hall–Kier alpha value is -1.59. The zero-order valence-corrected chi connectivity index (χ0v) is 11.6. The van der Waals surface area contributed by atoms with Gasteiger partial charge in [-0.1, -0.05) is 24.3 Å². The van der Waals surface area contributed by atoms with E-state index >= 15 is 0 Å². The van der Waals surface area contributed by atoms with E-state index in [4.69, 9.17) is 0 Å². The maximum absolute atomic E-state index is 12.1. The van der Waals surface area contributed by atoms with Crippen molar-refractivity contribution in [3.8, 4) is 0 Å². The summed E-state index contributed by atoms with van der Waals surface area (Å²) in [5.74, 6) is -0.216. The summed E-state index contributed by atoms with van der Waals surface area (Å²) in [7, 11) is 0. The fourth-order valence-corrected chi connectivity index (χ4v) is 2.81. The molecule has 0 aliphatic heterocycles. The van der Waals surface area contributed by atoms with E-state index in [1.807, 2.05) is 24.3 Å². The van der Waals surface area contributed by atoms with Gasteiger partial charge >= 0.3 is 0 Å². The second kappa shape index (κ2) is 4.83. The Morgan fingerprint density at radius 3 is 2.95 bits per heavy atom. The number of carbonyl (C=O) groups excluding carboxylic acids is 1. The predicted molar refractivity (Wildman–Crippen MR) is 74.9 cm³/mol. The summed E-state index contributed by atoms with van der Waals surface area (Å²) >= 11 is 3.29. The van der Waals surface area contributed by atoms with Crippen molar-refractivity contribution in [2.75, 3.05) is 0 Å². The molecule has 3 rings (SSSR count). The Morgan fingerprint density at radius 2 is 2.21 bits per heavy atom. The van der Waals surface area contributed by atoms with E-state index in [9.17, 15) is 9.90 Å². The van der Waals surface area contributed by atoms with Crippen LogP contribution in [0.4, 0.5) is 0 Å². The van der Waals surface area contributed by atoms with Gasteiger partial charge < -0.3 is 15.4 Å². The molecule has 1 aromatic carbocycles. The van der Waals surface area contributed by atoms with Crippen LogP contribution in [-0.4, -0.2) is 22.1 Å². The molecule has 0 saturated heterocycles. The van der Waals surface area contributed by atoms with E-state index in [1.54, 1.807) is 12.3 Å². The topological polar surface area (TPSA) is 65.1 Å². The largest absolute Gasteiger partial charge is 0.390 e. The van der Waals surface area contributed by atoms with Crippen LogP contribution >= 0.6 is 15.9 Å². The van der Waals surface area contributed by atoms with Crippen molar-refractivity contribution in [2.24, 2.45) is 0 Å². The first kappa shape index (κ1) is 12.4. The molecule has 0 fully saturated rings. The fourth-order valence-electron chi connectivity index (χ4n) is 2.47. The number of halogens is 1. The summed E-state index contributed by atoms with van der Waals surface area (Å²) in [6.45, 7) is 0. The minimum atomic E-state index is -0.570. The lowest BCUT2D eigenvalue weighted by molar-refractivity contribution is 0.0854. The Kier molecular flexibility index (Phi) is 3.16. The standard InChI is InChI=1S/C14H13BrN2O2/c15-9-6-11(16-7-9)14(19)17-13-10-4-2-1-3-8(10)5-12(13)18/h1-4,6-7,12-13,16,18H,5H2,(H,17,19). The summed E-state index contributed by atoms with van der Waals surface area (Å²) in [6, 6.07) is 9.16. The number of hydrogen-bond acceptors (Lipinski definition) is 2. The van der Waals surface area contributed by atoms with Crippen LogP contribution < -0.4 is 5.32 Å². The summed E-state index contributed by atoms with van der Waals surface area (Å²) < 4.78 is 0.824. The second-order valence-corrected chi connectivity index (χ2v) is 5.57. The van der Waals surface area contributed by atoms with Gasteiger partial charge in [0, 0.05) is 17.1 Å². The maximum atomic E-state index is 12.1. The number of aromatic nitrogens is 1. The fraction of sp³-hybridized carbons (Fsp3) is 0.214. The summed E-state index contributed by atoms with van der Waals surface area (Å²) in [5.41, 5.74) is 2.56. The number of aliphatic hydroxyl groups excluding tert-OH is 1. The van der Waals surface area contributed by atoms with Crippen molar-refractivity contribution < 1.29 is 9.90 Å². The van der Waals surface area contributed by atoms with Crippen LogP contribution in [0.3, 0.4) is 0 Å². The average Bonchev–Trinajstić information content (AvgIpc) is 2.95. The number of nitrogens with one attached hydrogen (secondary N) is 2. The molecule has 0 radical (unpaired) electrons. The highest BCUT2D eigenvalue weighted by molar-refractivity contribution is 9.10. The van der Waals surface area contributed by atoms with Gasteiger partial charge in [0.25, 0.3) is 5.91 Å². The molecule has 2 unspecified atom stereocenters. The SMILES string of the molecule is O=C(NC1c2ccccc2CC1O)c1cc(Br)c[nH]1. The van der Waals surface area contributed by atoms with E-state index in [-0.39, 0.29) is 11.9 Å². The van der Waals surface area contributed by atoms with Crippen LogP contribution in [-0.2, 0) is 6.42 Å². The zero-order valence-electron chi connectivity index (χ0n) is 10.1. The Labute approximate surface area is 119 Å². The Morgan fingerprint density at radius 1 is 1.42 bits per heavy atom. The molecule has 1 heterocycles. The third-order valence-electron chi connectivity index (χ3n) is 3.38. The van der Waals surface area contributed by atoms with Gasteiger partial charge in [0.1, 0.15) is 5.69 Å². The molecule has 4 nitrogen and oxygen atoms in total. The van der Waals surface area contributed by atoms with Crippen molar-refractivity contribution in [2.45, 2.75) is 18.6 Å². The number of rotatable bonds is 2. The van der Waals surface area contributed by atoms with Gasteiger partial charge in [0.2, 0.25) is 0 Å². The van der Waals surface area contributed by atoms with Gasteiger partial charge in [-0.25, -0.2) is 0 Å². The van der Waals surface area contributed by atoms with Gasteiger partial charge in [-0.05, 0) is 33.1 Å². The molecule has 2 aromatic rings. The van der Waals surface area contributed by atoms with Gasteiger partial charge in [-0.2, -0.15) is 0 Å². The molecule has 3 N–H and O–H groups in total. The Bertz CT molecular complexity index is 623. The number of hydrogen-bond donors (Lipinski definition) is 3. The zero-order chi connectivity index (χ0) is 13.4. The lowest BCUT2D eigenvalue weighted by Gasteiger charge is -2.17. The van der Waals surface area contributed by atoms with Crippen LogP contribution in [0.1, 0.15) is 27.7 Å². The van der Waals surface area contributed by atoms with Crippen molar-refractivity contribution in [3.05, 3.63) is 57.8 Å². The van der Waals surface area contributed by atoms with Gasteiger partial charge in [0.15, 0.2) is 0 Å². The second-order valence-electron chi connectivity index (χ2n) is 4.65. The first-order chi connectivity index (χ1) is 9.15. The van der Waals surface area contributed by atoms with Gasteiger partial charge in [-0.15, -0.1) is 0 Å². The minimum Gasteiger partial charge on any atom is -0.390 e. The smallest absolute Gasteiger partial charge is 0.268 e. The first-order valence-corrected chi connectivity index (χ1v) is 6.85. The maximum Gasteiger partial charge on any atom is 0.268 e. The van der Waals surface area contributed by atoms with Gasteiger partial charge in [0.05, 0.1) is 12.1 Å². The first-order valence-electron chi connectivity index (χ1n) is 6.06. The average molecular weight is 321 g/mol. The monoisotopic (exact) mass is 320 g/mol. The summed E-state index contributed by atoms with van der Waals surface area (Å²) in [6.07, 6.45) is 1.71. The Balaban J connectivity index is 1.82. The number of benzene rings is 1. The van der Waals surface area contributed by atoms with Crippen LogP contribution in [0.15, 0.2) is 41.0 Å². The highest BCUT2D eigenvalue weighted by Crippen LogP contribution is 2.31. The third-order valence-corrected chi connectivity index (χ3v) is 3.84. The number of amides is 1. The van der Waals surface area contributed by atoms with Crippen molar-refractivity contribution >= 4 is 21.8 Å². The normalized spacial score (nSPS) is 21.2. The van der Waals surface area contributed by atoms with Crippen LogP contribution in [0.5, 0.6) is 0 Å². The highest BCUT2D eigenvalue weighted by atomic mass is 79.9. The molecule has 0 spiro atoms. The molecule has 0 bridgehead atoms. The minimum absolute atomic E-state index is 0.216. The molecular formula is C14H13BrN2O2. The van der Waals surface area contributed by atoms with Crippen molar-refractivity contribution in [1.82, 2.24) is 10.3 Å². The number of carbonyl (C=O) groups is 1. The molecule has 98 valence electrons. The molecule has 1 aliphatic carbocycles. The predicted octanol–water partition coefficient (Wildman–Crippen LogP) is 2.17. The van der Waals surface area contributed by atoms with Crippen molar-refractivity contribution in [3.63, 3.8) is 0 Å². The molecule has 1 aliphatic rings. The summed E-state index contributed by atoms with van der Waals surface area (Å²) in [5, 5.41) is 13.0. The van der Waals surface area contributed by atoms with Crippen LogP contribution in [0.25, 0.3) is 0 Å². The number of H-pyrrole nitrogens is 1. The molecule has 0 saturated carbocycles. The molecule has 5 heteroatoms. The van der Waals surface area contributed by atoms with Crippen LogP contribution in [0, 0.1) is 0 Å². The quantitative estimate of drug-likeness (QED) is 0.794. The van der Waals surface area contributed by atoms with E-state index in [0.29, 0.717) is 12.1 Å². The molecular weight excluding hydrogens is 308 g/mol. The number of aliphatic hydroxyl groups is 1. The van der Waals surface area contributed by atoms with E-state index in [0.717, 1.165) is 15.6 Å². The molecule has 19 heavy (non-hydrogen) atoms. The lowest BCUT2D eigenvalue weighted by Crippen LogP contribution is -2.34. The van der Waals surface area contributed by atoms with E-state index in [1.165, 1.54) is 0 Å². The highest BCUT2D eigenvalue weighted by Gasteiger charge is 2.32. The third kappa shape index (κ3) is 2.31. The van der Waals surface area contributed by atoms with E-state index < -0.39 is 6.10 Å². The molecule has 2 atom stereocenters. The number of aromatic amines is 1. The lowest BCUT2D eigenvalue weighted by atomic mass is 10.1. The van der Waals surface area contributed by atoms with Crippen molar-refractivity contribution in [1.29, 1.82) is 0 Å². The molecule has 1 amide bonds. The van der Waals surface area contributed by atoms with Crippen LogP contribution in [0.2, 0.25) is 0 Å². The van der Waals surface area contributed by atoms with Gasteiger partial charge in [-0.3, -0.25) is 4.79 Å². The summed E-state index contributed by atoms with van der Waals surface area (Å²) in [4.78, 5) is 15.0. The van der Waals surface area contributed by atoms with E-state index in [2.05, 4.69) is 26.2 Å². The molecule has 1 aromatic heterocycles.